The van der Waals surface area contributed by atoms with E-state index in [0.29, 0.717) is 25.3 Å². The Hall–Kier alpha value is -0.970. The van der Waals surface area contributed by atoms with Crippen LogP contribution in [0.1, 0.15) is 11.7 Å². The number of aliphatic hydroxyl groups excluding tert-OH is 1. The average molecular weight is 225 g/mol. The van der Waals surface area contributed by atoms with Gasteiger partial charge in [-0.05, 0) is 17.7 Å². The molecule has 2 rings (SSSR count). The molecule has 1 atom stereocenters. The number of ether oxygens (including phenoxy) is 1. The van der Waals surface area contributed by atoms with Gasteiger partial charge >= 0.3 is 0 Å². The molecule has 4 heteroatoms. The van der Waals surface area contributed by atoms with Crippen molar-refractivity contribution in [1.29, 1.82) is 0 Å². The van der Waals surface area contributed by atoms with Crippen LogP contribution in [-0.2, 0) is 4.74 Å². The quantitative estimate of drug-likeness (QED) is 0.838. The van der Waals surface area contributed by atoms with Gasteiger partial charge in [-0.2, -0.15) is 0 Å². The molecule has 0 aliphatic carbocycles. The summed E-state index contributed by atoms with van der Waals surface area (Å²) in [6.45, 7) is 3.59. The number of halogens is 1. The maximum absolute atomic E-state index is 13.0. The number of benzene rings is 1. The Morgan fingerprint density at radius 1 is 1.38 bits per heavy atom. The van der Waals surface area contributed by atoms with Crippen LogP contribution in [0.15, 0.2) is 24.3 Å². The molecule has 16 heavy (non-hydrogen) atoms. The van der Waals surface area contributed by atoms with Crippen molar-refractivity contribution in [2.24, 2.45) is 0 Å². The highest BCUT2D eigenvalue weighted by Crippen LogP contribution is 2.15. The van der Waals surface area contributed by atoms with Crippen LogP contribution in [0, 0.1) is 5.82 Å². The van der Waals surface area contributed by atoms with E-state index in [9.17, 15) is 9.50 Å². The van der Waals surface area contributed by atoms with Gasteiger partial charge < -0.3 is 9.84 Å². The van der Waals surface area contributed by atoms with Crippen molar-refractivity contribution < 1.29 is 14.2 Å². The SMILES string of the molecule is OC(CN1CCOCC1)c1cccc(F)c1. The number of β-amino-alcohol motifs (C(OH)–C–C–N with tert-alkyl or cyclic N) is 1. The van der Waals surface area contributed by atoms with Crippen molar-refractivity contribution in [3.63, 3.8) is 0 Å². The first kappa shape index (κ1) is 11.5. The predicted molar refractivity (Wildman–Crippen MR) is 58.6 cm³/mol. The highest BCUT2D eigenvalue weighted by atomic mass is 19.1. The van der Waals surface area contributed by atoms with Crippen LogP contribution in [0.5, 0.6) is 0 Å². The van der Waals surface area contributed by atoms with Crippen molar-refractivity contribution in [2.75, 3.05) is 32.8 Å². The summed E-state index contributed by atoms with van der Waals surface area (Å²) in [5.41, 5.74) is 0.631. The molecule has 1 aromatic rings. The van der Waals surface area contributed by atoms with Crippen LogP contribution in [0.4, 0.5) is 4.39 Å². The fraction of sp³-hybridized carbons (Fsp3) is 0.500. The Morgan fingerprint density at radius 3 is 2.81 bits per heavy atom. The molecule has 1 fully saturated rings. The number of rotatable bonds is 3. The maximum atomic E-state index is 13.0. The molecular weight excluding hydrogens is 209 g/mol. The Bertz CT molecular complexity index is 340. The molecule has 0 bridgehead atoms. The van der Waals surface area contributed by atoms with E-state index in [1.165, 1.54) is 12.1 Å². The van der Waals surface area contributed by atoms with Crippen LogP contribution in [-0.4, -0.2) is 42.9 Å². The van der Waals surface area contributed by atoms with Crippen LogP contribution in [0.25, 0.3) is 0 Å². The van der Waals surface area contributed by atoms with E-state index >= 15 is 0 Å². The van der Waals surface area contributed by atoms with E-state index in [4.69, 9.17) is 4.74 Å². The maximum Gasteiger partial charge on any atom is 0.123 e. The topological polar surface area (TPSA) is 32.7 Å². The molecule has 3 nitrogen and oxygen atoms in total. The Balaban J connectivity index is 1.94. The third kappa shape index (κ3) is 3.01. The van der Waals surface area contributed by atoms with Gasteiger partial charge in [0.2, 0.25) is 0 Å². The Labute approximate surface area is 94.4 Å². The molecule has 0 aromatic heterocycles. The van der Waals surface area contributed by atoms with E-state index in [1.54, 1.807) is 12.1 Å². The zero-order valence-corrected chi connectivity index (χ0v) is 9.10. The van der Waals surface area contributed by atoms with Gasteiger partial charge in [0, 0.05) is 19.6 Å². The fourth-order valence-corrected chi connectivity index (χ4v) is 1.85. The second kappa shape index (κ2) is 5.39. The summed E-state index contributed by atoms with van der Waals surface area (Å²) in [6, 6.07) is 6.12. The molecule has 1 unspecified atom stereocenters. The molecule has 1 aromatic carbocycles. The minimum atomic E-state index is -0.631. The number of nitrogens with zero attached hydrogens (tertiary/aromatic N) is 1. The molecule has 88 valence electrons. The standard InChI is InChI=1S/C12H16FNO2/c13-11-3-1-2-10(8-11)12(15)9-14-4-6-16-7-5-14/h1-3,8,12,15H,4-7,9H2. The first-order valence-corrected chi connectivity index (χ1v) is 5.49. The molecule has 0 radical (unpaired) electrons. The van der Waals surface area contributed by atoms with Gasteiger partial charge in [0.15, 0.2) is 0 Å². The smallest absolute Gasteiger partial charge is 0.123 e. The molecule has 0 saturated carbocycles. The molecule has 1 aliphatic heterocycles. The second-order valence-electron chi connectivity index (χ2n) is 3.98. The van der Waals surface area contributed by atoms with Crippen molar-refractivity contribution in [3.8, 4) is 0 Å². The van der Waals surface area contributed by atoms with Crippen LogP contribution in [0.3, 0.4) is 0 Å². The van der Waals surface area contributed by atoms with Crippen molar-refractivity contribution in [2.45, 2.75) is 6.10 Å². The van der Waals surface area contributed by atoms with Crippen LogP contribution in [0.2, 0.25) is 0 Å². The lowest BCUT2D eigenvalue weighted by Gasteiger charge is -2.28. The second-order valence-corrected chi connectivity index (χ2v) is 3.98. The number of morpholine rings is 1. The molecular formula is C12H16FNO2. The summed E-state index contributed by atoms with van der Waals surface area (Å²) in [5, 5.41) is 9.95. The number of hydrogen-bond acceptors (Lipinski definition) is 3. The Kier molecular flexibility index (Phi) is 3.88. The third-order valence-electron chi connectivity index (χ3n) is 2.77. The van der Waals surface area contributed by atoms with Crippen molar-refractivity contribution in [1.82, 2.24) is 4.90 Å². The van der Waals surface area contributed by atoms with Gasteiger partial charge in [0.1, 0.15) is 5.82 Å². The summed E-state index contributed by atoms with van der Waals surface area (Å²) in [4.78, 5) is 2.12. The normalized spacial score (nSPS) is 19.6. The van der Waals surface area contributed by atoms with Gasteiger partial charge in [-0.1, -0.05) is 12.1 Å². The molecule has 1 saturated heterocycles. The summed E-state index contributed by atoms with van der Waals surface area (Å²) in [5.74, 6) is -0.307. The lowest BCUT2D eigenvalue weighted by atomic mass is 10.1. The van der Waals surface area contributed by atoms with Crippen LogP contribution < -0.4 is 0 Å². The zero-order valence-electron chi connectivity index (χ0n) is 9.10. The summed E-state index contributed by atoms with van der Waals surface area (Å²) in [6.07, 6.45) is -0.631. The highest BCUT2D eigenvalue weighted by Gasteiger charge is 2.16. The first-order chi connectivity index (χ1) is 7.75. The first-order valence-electron chi connectivity index (χ1n) is 5.49. The number of aliphatic hydroxyl groups is 1. The minimum absolute atomic E-state index is 0.307. The molecule has 1 N–H and O–H groups in total. The van der Waals surface area contributed by atoms with E-state index in [1.807, 2.05) is 0 Å². The van der Waals surface area contributed by atoms with Crippen LogP contribution >= 0.6 is 0 Å². The molecule has 0 amide bonds. The van der Waals surface area contributed by atoms with Gasteiger partial charge in [-0.3, -0.25) is 4.90 Å². The lowest BCUT2D eigenvalue weighted by Crippen LogP contribution is -2.38. The summed E-state index contributed by atoms with van der Waals surface area (Å²) >= 11 is 0. The summed E-state index contributed by atoms with van der Waals surface area (Å²) in [7, 11) is 0. The molecule has 0 spiro atoms. The lowest BCUT2D eigenvalue weighted by molar-refractivity contribution is 0.0143. The summed E-state index contributed by atoms with van der Waals surface area (Å²) < 4.78 is 18.2. The Morgan fingerprint density at radius 2 is 2.12 bits per heavy atom. The van der Waals surface area contributed by atoms with Crippen molar-refractivity contribution in [3.05, 3.63) is 35.6 Å². The fourth-order valence-electron chi connectivity index (χ4n) is 1.85. The monoisotopic (exact) mass is 225 g/mol. The van der Waals surface area contributed by atoms with Gasteiger partial charge in [-0.25, -0.2) is 4.39 Å². The van der Waals surface area contributed by atoms with Gasteiger partial charge in [0.25, 0.3) is 0 Å². The number of hydrogen-bond donors (Lipinski definition) is 1. The van der Waals surface area contributed by atoms with E-state index < -0.39 is 6.10 Å². The minimum Gasteiger partial charge on any atom is -0.387 e. The van der Waals surface area contributed by atoms with E-state index in [-0.39, 0.29) is 5.82 Å². The molecule has 1 heterocycles. The highest BCUT2D eigenvalue weighted by molar-refractivity contribution is 5.19. The van der Waals surface area contributed by atoms with Gasteiger partial charge in [0.05, 0.1) is 19.3 Å². The third-order valence-corrected chi connectivity index (χ3v) is 2.77. The largest absolute Gasteiger partial charge is 0.387 e. The van der Waals surface area contributed by atoms with Crippen molar-refractivity contribution >= 4 is 0 Å². The average Bonchev–Trinajstić information content (AvgIpc) is 2.30. The van der Waals surface area contributed by atoms with Gasteiger partial charge in [-0.15, -0.1) is 0 Å². The molecule has 1 aliphatic rings. The van der Waals surface area contributed by atoms with E-state index in [2.05, 4.69) is 4.90 Å². The van der Waals surface area contributed by atoms with E-state index in [0.717, 1.165) is 13.1 Å². The predicted octanol–water partition coefficient (Wildman–Crippen LogP) is 1.19. The zero-order chi connectivity index (χ0) is 11.4.